The maximum Gasteiger partial charge on any atom is 0.242 e. The molecule has 3 N–H and O–H groups in total. The average Bonchev–Trinajstić information content (AvgIpc) is 2.35. The van der Waals surface area contributed by atoms with E-state index in [0.29, 0.717) is 24.5 Å². The van der Waals surface area contributed by atoms with Gasteiger partial charge >= 0.3 is 0 Å². The summed E-state index contributed by atoms with van der Waals surface area (Å²) >= 11 is 0. The molecule has 0 saturated carbocycles. The van der Waals surface area contributed by atoms with E-state index in [1.54, 1.807) is 24.0 Å². The number of rotatable bonds is 2. The van der Waals surface area contributed by atoms with Crippen molar-refractivity contribution in [1.82, 2.24) is 15.2 Å². The topological polar surface area (TPSA) is 88.3 Å². The number of hydrogen-bond donors (Lipinski definition) is 2. The normalized spacial score (nSPS) is 19.5. The highest BCUT2D eigenvalue weighted by atomic mass is 16.2. The molecule has 0 spiro atoms. The summed E-state index contributed by atoms with van der Waals surface area (Å²) in [6, 6.07) is 3.02. The number of amides is 2. The van der Waals surface area contributed by atoms with Crippen molar-refractivity contribution in [3.05, 3.63) is 24.0 Å². The largest absolute Gasteiger partial charge is 0.397 e. The van der Waals surface area contributed by atoms with Gasteiger partial charge in [-0.2, -0.15) is 0 Å². The molecule has 0 aromatic carbocycles. The molecule has 2 rings (SSSR count). The Bertz CT molecular complexity index is 458. The number of aromatic nitrogens is 1. The van der Waals surface area contributed by atoms with Crippen LogP contribution in [0.4, 0.5) is 5.69 Å². The van der Waals surface area contributed by atoms with Crippen molar-refractivity contribution in [3.63, 3.8) is 0 Å². The van der Waals surface area contributed by atoms with Gasteiger partial charge < -0.3 is 16.0 Å². The molecule has 96 valence electrons. The van der Waals surface area contributed by atoms with Gasteiger partial charge in [0, 0.05) is 18.8 Å². The first-order valence-corrected chi connectivity index (χ1v) is 5.85. The summed E-state index contributed by atoms with van der Waals surface area (Å²) < 4.78 is 0. The first-order chi connectivity index (χ1) is 8.58. The van der Waals surface area contributed by atoms with Crippen molar-refractivity contribution in [1.29, 1.82) is 0 Å². The average molecular weight is 248 g/mol. The zero-order valence-electron chi connectivity index (χ0n) is 10.2. The quantitative estimate of drug-likeness (QED) is 0.742. The second-order valence-electron chi connectivity index (χ2n) is 4.31. The third kappa shape index (κ3) is 2.58. The molecular weight excluding hydrogens is 232 g/mol. The number of piperazine rings is 1. The fourth-order valence-electron chi connectivity index (χ4n) is 1.92. The van der Waals surface area contributed by atoms with Crippen molar-refractivity contribution in [2.45, 2.75) is 19.4 Å². The predicted octanol–water partition coefficient (Wildman–Crippen LogP) is -0.447. The van der Waals surface area contributed by atoms with Crippen LogP contribution in [0, 0.1) is 0 Å². The minimum atomic E-state index is -0.417. The molecule has 1 aliphatic heterocycles. The summed E-state index contributed by atoms with van der Waals surface area (Å²) in [6.45, 7) is 2.77. The molecule has 1 aromatic rings. The van der Waals surface area contributed by atoms with E-state index < -0.39 is 6.04 Å². The molecule has 1 atom stereocenters. The van der Waals surface area contributed by atoms with Gasteiger partial charge in [0.15, 0.2) is 0 Å². The molecule has 2 heterocycles. The number of nitrogen functional groups attached to an aromatic ring is 1. The second-order valence-corrected chi connectivity index (χ2v) is 4.31. The van der Waals surface area contributed by atoms with E-state index in [1.165, 1.54) is 6.20 Å². The minimum absolute atomic E-state index is 0.0883. The van der Waals surface area contributed by atoms with Crippen LogP contribution in [0.2, 0.25) is 0 Å². The van der Waals surface area contributed by atoms with Gasteiger partial charge in [-0.05, 0) is 19.1 Å². The van der Waals surface area contributed by atoms with E-state index in [-0.39, 0.29) is 18.2 Å². The van der Waals surface area contributed by atoms with Crippen molar-refractivity contribution in [2.24, 2.45) is 0 Å². The summed E-state index contributed by atoms with van der Waals surface area (Å²) in [5.74, 6) is -0.200. The number of nitrogens with one attached hydrogen (secondary N) is 1. The third-order valence-electron chi connectivity index (χ3n) is 3.00. The Labute approximate surface area is 105 Å². The number of nitrogens with zero attached hydrogens (tertiary/aromatic N) is 2. The molecule has 0 aliphatic carbocycles. The molecule has 0 bridgehead atoms. The Morgan fingerprint density at radius 2 is 2.39 bits per heavy atom. The van der Waals surface area contributed by atoms with Crippen LogP contribution in [-0.2, 0) is 16.0 Å². The Balaban J connectivity index is 2.03. The highest BCUT2D eigenvalue weighted by molar-refractivity contribution is 5.89. The summed E-state index contributed by atoms with van der Waals surface area (Å²) in [5.41, 5.74) is 6.76. The van der Waals surface area contributed by atoms with Gasteiger partial charge in [-0.15, -0.1) is 0 Å². The third-order valence-corrected chi connectivity index (χ3v) is 3.00. The van der Waals surface area contributed by atoms with Crippen molar-refractivity contribution < 1.29 is 9.59 Å². The first-order valence-electron chi connectivity index (χ1n) is 5.85. The van der Waals surface area contributed by atoms with E-state index in [4.69, 9.17) is 5.73 Å². The lowest BCUT2D eigenvalue weighted by molar-refractivity contribution is -0.142. The van der Waals surface area contributed by atoms with Gasteiger partial charge in [0.1, 0.15) is 6.04 Å². The zero-order valence-corrected chi connectivity index (χ0v) is 10.2. The Kier molecular flexibility index (Phi) is 3.45. The van der Waals surface area contributed by atoms with Crippen LogP contribution in [0.25, 0.3) is 0 Å². The van der Waals surface area contributed by atoms with Crippen LogP contribution < -0.4 is 11.1 Å². The molecule has 18 heavy (non-hydrogen) atoms. The van der Waals surface area contributed by atoms with E-state index in [2.05, 4.69) is 10.3 Å². The Morgan fingerprint density at radius 3 is 3.06 bits per heavy atom. The SMILES string of the molecule is CC1C(=O)NCCN1C(=O)Cc1ccc(N)cn1. The number of nitrogens with two attached hydrogens (primary N) is 1. The molecule has 1 aliphatic rings. The molecule has 1 unspecified atom stereocenters. The molecular formula is C12H16N4O2. The van der Waals surface area contributed by atoms with Crippen molar-refractivity contribution in [2.75, 3.05) is 18.8 Å². The Morgan fingerprint density at radius 1 is 1.61 bits per heavy atom. The van der Waals surface area contributed by atoms with Crippen LogP contribution in [0.3, 0.4) is 0 Å². The molecule has 6 heteroatoms. The maximum absolute atomic E-state index is 12.1. The van der Waals surface area contributed by atoms with Gasteiger partial charge in [0.05, 0.1) is 18.3 Å². The highest BCUT2D eigenvalue weighted by Crippen LogP contribution is 2.08. The van der Waals surface area contributed by atoms with Gasteiger partial charge in [-0.3, -0.25) is 14.6 Å². The van der Waals surface area contributed by atoms with Gasteiger partial charge in [0.25, 0.3) is 0 Å². The van der Waals surface area contributed by atoms with Crippen LogP contribution in [0.1, 0.15) is 12.6 Å². The Hall–Kier alpha value is -2.11. The monoisotopic (exact) mass is 248 g/mol. The van der Waals surface area contributed by atoms with Crippen LogP contribution in [0.15, 0.2) is 18.3 Å². The number of carbonyl (C=O) groups is 2. The predicted molar refractivity (Wildman–Crippen MR) is 66.5 cm³/mol. The fraction of sp³-hybridized carbons (Fsp3) is 0.417. The smallest absolute Gasteiger partial charge is 0.242 e. The lowest BCUT2D eigenvalue weighted by Crippen LogP contribution is -2.56. The maximum atomic E-state index is 12.1. The molecule has 2 amide bonds. The number of carbonyl (C=O) groups excluding carboxylic acids is 2. The van der Waals surface area contributed by atoms with Gasteiger partial charge in [-0.1, -0.05) is 0 Å². The van der Waals surface area contributed by atoms with Gasteiger partial charge in [-0.25, -0.2) is 0 Å². The highest BCUT2D eigenvalue weighted by Gasteiger charge is 2.29. The molecule has 1 saturated heterocycles. The van der Waals surface area contributed by atoms with Crippen LogP contribution in [-0.4, -0.2) is 40.8 Å². The molecule has 0 radical (unpaired) electrons. The molecule has 1 aromatic heterocycles. The summed E-state index contributed by atoms with van der Waals surface area (Å²) in [7, 11) is 0. The van der Waals surface area contributed by atoms with Crippen molar-refractivity contribution in [3.8, 4) is 0 Å². The zero-order chi connectivity index (χ0) is 13.1. The van der Waals surface area contributed by atoms with Crippen LogP contribution in [0.5, 0.6) is 0 Å². The lowest BCUT2D eigenvalue weighted by atomic mass is 10.1. The van der Waals surface area contributed by atoms with Crippen LogP contribution >= 0.6 is 0 Å². The van der Waals surface area contributed by atoms with Crippen molar-refractivity contribution >= 4 is 17.5 Å². The van der Waals surface area contributed by atoms with E-state index in [9.17, 15) is 9.59 Å². The first kappa shape index (κ1) is 12.3. The summed E-state index contributed by atoms with van der Waals surface area (Å²) in [5, 5.41) is 2.72. The van der Waals surface area contributed by atoms with E-state index >= 15 is 0 Å². The number of anilines is 1. The van der Waals surface area contributed by atoms with Gasteiger partial charge in [0.2, 0.25) is 11.8 Å². The number of pyridine rings is 1. The minimum Gasteiger partial charge on any atom is -0.397 e. The second kappa shape index (κ2) is 5.03. The summed E-state index contributed by atoms with van der Waals surface area (Å²) in [6.07, 6.45) is 1.72. The lowest BCUT2D eigenvalue weighted by Gasteiger charge is -2.32. The molecule has 6 nitrogen and oxygen atoms in total. The standard InChI is InChI=1S/C12H16N4O2/c1-8-12(18)14-4-5-16(8)11(17)6-10-3-2-9(13)7-15-10/h2-3,7-8H,4-6,13H2,1H3,(H,14,18). The number of hydrogen-bond acceptors (Lipinski definition) is 4. The summed E-state index contributed by atoms with van der Waals surface area (Å²) in [4.78, 5) is 29.2. The van der Waals surface area contributed by atoms with E-state index in [1.807, 2.05) is 0 Å². The fourth-order valence-corrected chi connectivity index (χ4v) is 1.92. The van der Waals surface area contributed by atoms with E-state index in [0.717, 1.165) is 0 Å². The molecule has 1 fully saturated rings.